The summed E-state index contributed by atoms with van der Waals surface area (Å²) in [6.07, 6.45) is 1.86. The fourth-order valence-electron chi connectivity index (χ4n) is 1.14. The van der Waals surface area contributed by atoms with Gasteiger partial charge in [-0.1, -0.05) is 13.8 Å². The van der Waals surface area contributed by atoms with E-state index >= 15 is 0 Å². The number of hydrogen-bond acceptors (Lipinski definition) is 1. The van der Waals surface area contributed by atoms with Crippen LogP contribution in [0.5, 0.6) is 0 Å². The van der Waals surface area contributed by atoms with Crippen molar-refractivity contribution in [3.8, 4) is 0 Å². The number of nitrogens with two attached hydrogens (primary N) is 1. The predicted octanol–water partition coefficient (Wildman–Crippen LogP) is 0.161. The maximum atomic E-state index is 3.30. The van der Waals surface area contributed by atoms with E-state index < -0.39 is 0 Å². The Kier molecular flexibility index (Phi) is 5.64. The van der Waals surface area contributed by atoms with Gasteiger partial charge in [-0.2, -0.15) is 0 Å². The van der Waals surface area contributed by atoms with Crippen LogP contribution in [0, 0.1) is 5.92 Å². The Morgan fingerprint density at radius 2 is 2.00 bits per heavy atom. The van der Waals surface area contributed by atoms with Crippen molar-refractivity contribution in [3.63, 3.8) is 0 Å². The summed E-state index contributed by atoms with van der Waals surface area (Å²) in [5.74, 6) is 0.768. The first-order valence-electron chi connectivity index (χ1n) is 4.26. The lowest BCUT2D eigenvalue weighted by atomic mass is 10.1. The molecule has 10 heavy (non-hydrogen) atoms. The maximum Gasteiger partial charge on any atom is 0.142 e. The molecule has 0 amide bonds. The average molecular weight is 145 g/mol. The van der Waals surface area contributed by atoms with Crippen LogP contribution in [0.25, 0.3) is 0 Å². The van der Waals surface area contributed by atoms with Crippen molar-refractivity contribution < 1.29 is 5.32 Å². The molecule has 62 valence electrons. The molecule has 2 nitrogen and oxygen atoms in total. The second-order valence-electron chi connectivity index (χ2n) is 2.84. The summed E-state index contributed by atoms with van der Waals surface area (Å²) in [4.78, 5) is 0. The van der Waals surface area contributed by atoms with E-state index in [4.69, 9.17) is 0 Å². The van der Waals surface area contributed by atoms with Crippen molar-refractivity contribution in [2.24, 2.45) is 5.92 Å². The van der Waals surface area contributed by atoms with Crippen LogP contribution in [0.1, 0.15) is 27.2 Å². The molecule has 2 heteroatoms. The van der Waals surface area contributed by atoms with E-state index in [-0.39, 0.29) is 0 Å². The van der Waals surface area contributed by atoms with Gasteiger partial charge in [0.1, 0.15) is 6.17 Å². The largest absolute Gasteiger partial charge is 0.331 e. The second-order valence-corrected chi connectivity index (χ2v) is 2.84. The van der Waals surface area contributed by atoms with Crippen LogP contribution < -0.4 is 10.6 Å². The van der Waals surface area contributed by atoms with Gasteiger partial charge in [0.2, 0.25) is 0 Å². The van der Waals surface area contributed by atoms with Crippen LogP contribution in [0.3, 0.4) is 0 Å². The molecule has 0 aromatic carbocycles. The Morgan fingerprint density at radius 1 is 1.40 bits per heavy atom. The lowest BCUT2D eigenvalue weighted by Gasteiger charge is -2.19. The highest BCUT2D eigenvalue weighted by molar-refractivity contribution is 4.56. The zero-order valence-electron chi connectivity index (χ0n) is 7.65. The maximum absolute atomic E-state index is 3.30. The summed E-state index contributed by atoms with van der Waals surface area (Å²) in [6, 6.07) is 0. The molecule has 0 fully saturated rings. The Hall–Kier alpha value is -0.0800. The minimum atomic E-state index is 0.606. The van der Waals surface area contributed by atoms with Gasteiger partial charge in [0.15, 0.2) is 0 Å². The first-order valence-corrected chi connectivity index (χ1v) is 4.26. The van der Waals surface area contributed by atoms with Gasteiger partial charge in [-0.25, -0.2) is 0 Å². The molecule has 0 aromatic heterocycles. The van der Waals surface area contributed by atoms with Crippen LogP contribution in [0.15, 0.2) is 0 Å². The standard InChI is InChI=1S/C8H20N2/c1-5-7(3)8(9-4)10-6-2/h7-10H,5-6H2,1-4H3/p+1. The van der Waals surface area contributed by atoms with Gasteiger partial charge in [-0.3, -0.25) is 5.32 Å². The fraction of sp³-hybridized carbons (Fsp3) is 1.00. The van der Waals surface area contributed by atoms with Crippen LogP contribution in [-0.2, 0) is 0 Å². The smallest absolute Gasteiger partial charge is 0.142 e. The lowest BCUT2D eigenvalue weighted by molar-refractivity contribution is -0.697. The van der Waals surface area contributed by atoms with Crippen LogP contribution >= 0.6 is 0 Å². The molecule has 0 bridgehead atoms. The zero-order valence-corrected chi connectivity index (χ0v) is 7.65. The van der Waals surface area contributed by atoms with Gasteiger partial charge in [0.05, 0.1) is 6.54 Å². The summed E-state index contributed by atoms with van der Waals surface area (Å²) in [5, 5.41) is 5.64. The molecule has 2 atom stereocenters. The Labute approximate surface area is 64.4 Å². The van der Waals surface area contributed by atoms with E-state index in [2.05, 4.69) is 31.4 Å². The number of rotatable bonds is 5. The molecule has 0 heterocycles. The highest BCUT2D eigenvalue weighted by atomic mass is 15.1. The highest BCUT2D eigenvalue weighted by Crippen LogP contribution is 2.00. The minimum Gasteiger partial charge on any atom is -0.331 e. The summed E-state index contributed by atoms with van der Waals surface area (Å²) in [7, 11) is 2.03. The van der Waals surface area contributed by atoms with Crippen molar-refractivity contribution in [3.05, 3.63) is 0 Å². The summed E-state index contributed by atoms with van der Waals surface area (Å²) < 4.78 is 0. The average Bonchev–Trinajstić information content (AvgIpc) is 1.99. The molecule has 0 aliphatic heterocycles. The molecular formula is C8H21N2+. The quantitative estimate of drug-likeness (QED) is 0.530. The second kappa shape index (κ2) is 5.69. The third kappa shape index (κ3) is 3.18. The Morgan fingerprint density at radius 3 is 2.30 bits per heavy atom. The first-order chi connectivity index (χ1) is 4.76. The summed E-state index contributed by atoms with van der Waals surface area (Å²) >= 11 is 0. The monoisotopic (exact) mass is 145 g/mol. The van der Waals surface area contributed by atoms with Gasteiger partial charge < -0.3 is 5.32 Å². The van der Waals surface area contributed by atoms with Crippen molar-refractivity contribution >= 4 is 0 Å². The number of nitrogens with one attached hydrogen (secondary N) is 1. The Bertz CT molecular complexity index is 73.7. The van der Waals surface area contributed by atoms with Gasteiger partial charge in [-0.15, -0.1) is 0 Å². The van der Waals surface area contributed by atoms with Crippen molar-refractivity contribution in [1.29, 1.82) is 0 Å². The molecule has 0 rings (SSSR count). The molecule has 0 aliphatic rings. The van der Waals surface area contributed by atoms with E-state index in [0.717, 1.165) is 12.5 Å². The van der Waals surface area contributed by atoms with Gasteiger partial charge in [-0.05, 0) is 20.4 Å². The van der Waals surface area contributed by atoms with Crippen molar-refractivity contribution in [2.75, 3.05) is 13.6 Å². The topological polar surface area (TPSA) is 28.6 Å². The van der Waals surface area contributed by atoms with Crippen LogP contribution in [-0.4, -0.2) is 19.8 Å². The van der Waals surface area contributed by atoms with Gasteiger partial charge >= 0.3 is 0 Å². The molecule has 0 aromatic rings. The molecule has 3 N–H and O–H groups in total. The third-order valence-corrected chi connectivity index (χ3v) is 2.08. The van der Waals surface area contributed by atoms with E-state index in [0.29, 0.717) is 6.17 Å². The lowest BCUT2D eigenvalue weighted by Crippen LogP contribution is -2.94. The van der Waals surface area contributed by atoms with Crippen LogP contribution in [0.4, 0.5) is 0 Å². The van der Waals surface area contributed by atoms with Crippen molar-refractivity contribution in [1.82, 2.24) is 5.32 Å². The molecule has 0 radical (unpaired) electrons. The zero-order chi connectivity index (χ0) is 7.98. The molecule has 0 aliphatic carbocycles. The Balaban J connectivity index is 3.56. The molecule has 0 saturated heterocycles. The molecule has 2 unspecified atom stereocenters. The van der Waals surface area contributed by atoms with Gasteiger partial charge in [0.25, 0.3) is 0 Å². The predicted molar refractivity (Wildman–Crippen MR) is 44.8 cm³/mol. The van der Waals surface area contributed by atoms with Crippen LogP contribution in [0.2, 0.25) is 0 Å². The summed E-state index contributed by atoms with van der Waals surface area (Å²) in [5.41, 5.74) is 0. The number of hydrogen-bond donors (Lipinski definition) is 2. The molecule has 0 saturated carbocycles. The summed E-state index contributed by atoms with van der Waals surface area (Å²) in [6.45, 7) is 7.87. The van der Waals surface area contributed by atoms with Crippen molar-refractivity contribution in [2.45, 2.75) is 33.4 Å². The van der Waals surface area contributed by atoms with E-state index in [1.165, 1.54) is 6.42 Å². The van der Waals surface area contributed by atoms with Gasteiger partial charge in [0, 0.05) is 5.92 Å². The minimum absolute atomic E-state index is 0.606. The van der Waals surface area contributed by atoms with E-state index in [1.54, 1.807) is 0 Å². The highest BCUT2D eigenvalue weighted by Gasteiger charge is 2.14. The SMILES string of the molecule is CC[NH2+]C(NC)C(C)CC. The van der Waals surface area contributed by atoms with E-state index in [1.807, 2.05) is 7.05 Å². The third-order valence-electron chi connectivity index (χ3n) is 2.08. The number of quaternary nitrogens is 1. The normalized spacial score (nSPS) is 16.8. The molecule has 0 spiro atoms. The first kappa shape index (κ1) is 9.92. The fourth-order valence-corrected chi connectivity index (χ4v) is 1.14. The van der Waals surface area contributed by atoms with E-state index in [9.17, 15) is 0 Å². The molecular weight excluding hydrogens is 124 g/mol.